The zero-order valence-corrected chi connectivity index (χ0v) is 24.1. The van der Waals surface area contributed by atoms with Crippen LogP contribution in [0.4, 0.5) is 16.3 Å². The van der Waals surface area contributed by atoms with E-state index in [-0.39, 0.29) is 23.9 Å². The Kier molecular flexibility index (Phi) is 9.98. The summed E-state index contributed by atoms with van der Waals surface area (Å²) in [4.78, 5) is 28.1. The Morgan fingerprint density at radius 2 is 1.77 bits per heavy atom. The number of aromatic nitrogens is 2. The Morgan fingerprint density at radius 3 is 2.41 bits per heavy atom. The molecule has 3 rings (SSSR count). The van der Waals surface area contributed by atoms with Crippen molar-refractivity contribution in [3.05, 3.63) is 59.8 Å². The smallest absolute Gasteiger partial charge is 0.322 e. The SMILES string of the molecule is CCCCCN(CC(=O)Nc1cc(C(C)(C)C)nn1-c1cccc(C)c1)C(=O)Nc1ccc(OC)cc1OC. The van der Waals surface area contributed by atoms with Gasteiger partial charge in [-0.2, -0.15) is 5.10 Å². The number of benzene rings is 2. The van der Waals surface area contributed by atoms with Gasteiger partial charge in [0.1, 0.15) is 23.9 Å². The molecule has 2 aromatic carbocycles. The third-order valence-corrected chi connectivity index (χ3v) is 6.30. The Bertz CT molecular complexity index is 1280. The topological polar surface area (TPSA) is 97.7 Å². The van der Waals surface area contributed by atoms with Crippen LogP contribution in [0.3, 0.4) is 0 Å². The van der Waals surface area contributed by atoms with E-state index < -0.39 is 0 Å². The lowest BCUT2D eigenvalue weighted by molar-refractivity contribution is -0.116. The molecule has 39 heavy (non-hydrogen) atoms. The largest absolute Gasteiger partial charge is 0.497 e. The van der Waals surface area contributed by atoms with Gasteiger partial charge >= 0.3 is 6.03 Å². The van der Waals surface area contributed by atoms with Crippen LogP contribution in [0.15, 0.2) is 48.5 Å². The van der Waals surface area contributed by atoms with Crippen molar-refractivity contribution < 1.29 is 19.1 Å². The second kappa shape index (κ2) is 13.2. The van der Waals surface area contributed by atoms with Gasteiger partial charge in [-0.25, -0.2) is 9.48 Å². The van der Waals surface area contributed by atoms with Gasteiger partial charge in [0.05, 0.1) is 31.3 Å². The number of hydrogen-bond donors (Lipinski definition) is 2. The molecular weight excluding hydrogens is 494 g/mol. The summed E-state index contributed by atoms with van der Waals surface area (Å²) in [6.45, 7) is 10.7. The second-order valence-electron chi connectivity index (χ2n) is 10.6. The zero-order valence-electron chi connectivity index (χ0n) is 24.1. The quantitative estimate of drug-likeness (QED) is 0.287. The Labute approximate surface area is 231 Å². The highest BCUT2D eigenvalue weighted by Gasteiger charge is 2.23. The number of anilines is 2. The van der Waals surface area contributed by atoms with Crippen molar-refractivity contribution in [3.8, 4) is 17.2 Å². The summed E-state index contributed by atoms with van der Waals surface area (Å²) >= 11 is 0. The third kappa shape index (κ3) is 7.99. The van der Waals surface area contributed by atoms with Gasteiger partial charge in [0.15, 0.2) is 0 Å². The Balaban J connectivity index is 1.83. The number of amides is 3. The fraction of sp³-hybridized carbons (Fsp3) is 0.433. The summed E-state index contributed by atoms with van der Waals surface area (Å²) in [6.07, 6.45) is 2.73. The maximum atomic E-state index is 13.3. The van der Waals surface area contributed by atoms with Crippen molar-refractivity contribution in [1.29, 1.82) is 0 Å². The summed E-state index contributed by atoms with van der Waals surface area (Å²) in [7, 11) is 3.09. The number of aryl methyl sites for hydroxylation is 1. The maximum Gasteiger partial charge on any atom is 0.322 e. The van der Waals surface area contributed by atoms with Crippen molar-refractivity contribution in [1.82, 2.24) is 14.7 Å². The highest BCUT2D eigenvalue weighted by atomic mass is 16.5. The van der Waals surface area contributed by atoms with Gasteiger partial charge in [-0.15, -0.1) is 0 Å². The molecule has 3 amide bonds. The van der Waals surface area contributed by atoms with Crippen LogP contribution in [-0.4, -0.2) is 53.9 Å². The molecule has 9 nitrogen and oxygen atoms in total. The molecule has 0 aliphatic carbocycles. The predicted molar refractivity (Wildman–Crippen MR) is 155 cm³/mol. The van der Waals surface area contributed by atoms with E-state index in [4.69, 9.17) is 14.6 Å². The third-order valence-electron chi connectivity index (χ3n) is 6.30. The highest BCUT2D eigenvalue weighted by molar-refractivity contribution is 5.97. The first-order valence-corrected chi connectivity index (χ1v) is 13.3. The molecule has 210 valence electrons. The van der Waals surface area contributed by atoms with E-state index in [1.807, 2.05) is 37.3 Å². The van der Waals surface area contributed by atoms with E-state index in [9.17, 15) is 9.59 Å². The fourth-order valence-corrected chi connectivity index (χ4v) is 4.05. The molecule has 0 saturated heterocycles. The average molecular weight is 536 g/mol. The van der Waals surface area contributed by atoms with Crippen LogP contribution in [0.1, 0.15) is 58.2 Å². The molecule has 0 aliphatic rings. The first-order valence-electron chi connectivity index (χ1n) is 13.3. The molecule has 0 saturated carbocycles. The number of nitrogens with zero attached hydrogens (tertiary/aromatic N) is 3. The molecule has 3 aromatic rings. The number of nitrogens with one attached hydrogen (secondary N) is 2. The minimum absolute atomic E-state index is 0.113. The average Bonchev–Trinajstić information content (AvgIpc) is 3.32. The number of carbonyl (C=O) groups is 2. The molecular formula is C30H41N5O4. The molecule has 9 heteroatoms. The lowest BCUT2D eigenvalue weighted by atomic mass is 9.92. The van der Waals surface area contributed by atoms with E-state index in [0.717, 1.165) is 36.2 Å². The summed E-state index contributed by atoms with van der Waals surface area (Å²) < 4.78 is 12.4. The van der Waals surface area contributed by atoms with Gasteiger partial charge in [-0.3, -0.25) is 4.79 Å². The second-order valence-corrected chi connectivity index (χ2v) is 10.6. The maximum absolute atomic E-state index is 13.3. The van der Waals surface area contributed by atoms with Crippen LogP contribution in [0.2, 0.25) is 0 Å². The molecule has 0 radical (unpaired) electrons. The molecule has 2 N–H and O–H groups in total. The van der Waals surface area contributed by atoms with Gasteiger partial charge in [-0.1, -0.05) is 52.7 Å². The van der Waals surface area contributed by atoms with Crippen LogP contribution in [-0.2, 0) is 10.2 Å². The van der Waals surface area contributed by atoms with Gasteiger partial charge in [0, 0.05) is 24.1 Å². The lowest BCUT2D eigenvalue weighted by Gasteiger charge is -2.23. The number of carbonyl (C=O) groups excluding carboxylic acids is 2. The van der Waals surface area contributed by atoms with Crippen LogP contribution < -0.4 is 20.1 Å². The molecule has 0 spiro atoms. The summed E-state index contributed by atoms with van der Waals surface area (Å²) in [6, 6.07) is 14.6. The molecule has 1 heterocycles. The molecule has 1 aromatic heterocycles. The molecule has 0 unspecified atom stereocenters. The van der Waals surface area contributed by atoms with E-state index >= 15 is 0 Å². The number of hydrogen-bond acceptors (Lipinski definition) is 5. The van der Waals surface area contributed by atoms with Crippen molar-refractivity contribution in [3.63, 3.8) is 0 Å². The van der Waals surface area contributed by atoms with Crippen molar-refractivity contribution >= 4 is 23.4 Å². The van der Waals surface area contributed by atoms with E-state index in [1.165, 1.54) is 12.0 Å². The molecule has 0 aliphatic heterocycles. The minimum Gasteiger partial charge on any atom is -0.497 e. The first-order chi connectivity index (χ1) is 18.5. The Hall–Kier alpha value is -4.01. The highest BCUT2D eigenvalue weighted by Crippen LogP contribution is 2.30. The number of ether oxygens (including phenoxy) is 2. The normalized spacial score (nSPS) is 11.2. The first kappa shape index (κ1) is 29.5. The summed E-state index contributed by atoms with van der Waals surface area (Å²) in [5.74, 6) is 1.33. The molecule has 0 bridgehead atoms. The van der Waals surface area contributed by atoms with Crippen molar-refractivity contribution in [2.75, 3.05) is 37.9 Å². The van der Waals surface area contributed by atoms with Crippen molar-refractivity contribution in [2.45, 2.75) is 59.3 Å². The predicted octanol–water partition coefficient (Wildman–Crippen LogP) is 6.16. The van der Waals surface area contributed by atoms with Crippen LogP contribution in [0.5, 0.6) is 11.5 Å². The molecule has 0 atom stereocenters. The van der Waals surface area contributed by atoms with E-state index in [1.54, 1.807) is 30.0 Å². The van der Waals surface area contributed by atoms with E-state index in [0.29, 0.717) is 29.5 Å². The number of rotatable bonds is 11. The van der Waals surface area contributed by atoms with Gasteiger partial charge < -0.3 is 25.0 Å². The fourth-order valence-electron chi connectivity index (χ4n) is 4.05. The van der Waals surface area contributed by atoms with Crippen LogP contribution >= 0.6 is 0 Å². The lowest BCUT2D eigenvalue weighted by Crippen LogP contribution is -2.41. The summed E-state index contributed by atoms with van der Waals surface area (Å²) in [5, 5.41) is 10.7. The standard InChI is InChI=1S/C30H41N5O4/c1-8-9-10-16-34(29(37)31-24-15-14-23(38-6)18-25(24)39-7)20-28(36)32-27-19-26(30(3,4)5)33-35(27)22-13-11-12-21(2)17-22/h11-15,17-19H,8-10,16,20H2,1-7H3,(H,31,37)(H,32,36). The van der Waals surface area contributed by atoms with Crippen LogP contribution in [0.25, 0.3) is 5.69 Å². The van der Waals surface area contributed by atoms with Crippen molar-refractivity contribution in [2.24, 2.45) is 0 Å². The Morgan fingerprint density at radius 1 is 1.00 bits per heavy atom. The van der Waals surface area contributed by atoms with Gasteiger partial charge in [0.2, 0.25) is 5.91 Å². The minimum atomic E-state index is -0.382. The van der Waals surface area contributed by atoms with E-state index in [2.05, 4.69) is 38.3 Å². The number of methoxy groups -OCH3 is 2. The number of urea groups is 1. The van der Waals surface area contributed by atoms with Gasteiger partial charge in [-0.05, 0) is 43.2 Å². The monoisotopic (exact) mass is 535 g/mol. The molecule has 0 fully saturated rings. The van der Waals surface area contributed by atoms with Crippen LogP contribution in [0, 0.1) is 6.92 Å². The zero-order chi connectivity index (χ0) is 28.6. The number of unbranched alkanes of at least 4 members (excludes halogenated alkanes) is 2. The summed E-state index contributed by atoms with van der Waals surface area (Å²) in [5.41, 5.74) is 3.08. The van der Waals surface area contributed by atoms with Gasteiger partial charge in [0.25, 0.3) is 0 Å².